The molecular formula is C15H23FN2O. The highest BCUT2D eigenvalue weighted by Gasteiger charge is 2.37. The number of anilines is 2. The van der Waals surface area contributed by atoms with Crippen molar-refractivity contribution in [1.29, 1.82) is 0 Å². The van der Waals surface area contributed by atoms with E-state index in [-0.39, 0.29) is 17.8 Å². The summed E-state index contributed by atoms with van der Waals surface area (Å²) in [5, 5.41) is 12.1. The van der Waals surface area contributed by atoms with Gasteiger partial charge in [-0.3, -0.25) is 0 Å². The van der Waals surface area contributed by atoms with E-state index in [4.69, 9.17) is 0 Å². The molecule has 0 fully saturated rings. The SMILES string of the molecule is CNc1cc2c(cc1F)N(CCO)C(C(C)(C)C)C2. The van der Waals surface area contributed by atoms with Crippen LogP contribution in [-0.2, 0) is 6.42 Å². The zero-order valence-corrected chi connectivity index (χ0v) is 12.1. The lowest BCUT2D eigenvalue weighted by atomic mass is 9.84. The Morgan fingerprint density at radius 3 is 2.63 bits per heavy atom. The molecule has 0 amide bonds. The molecular weight excluding hydrogens is 243 g/mol. The molecule has 0 radical (unpaired) electrons. The smallest absolute Gasteiger partial charge is 0.148 e. The second kappa shape index (κ2) is 5.00. The number of hydrogen-bond donors (Lipinski definition) is 2. The average molecular weight is 266 g/mol. The molecule has 0 spiro atoms. The van der Waals surface area contributed by atoms with Crippen molar-refractivity contribution in [3.8, 4) is 0 Å². The van der Waals surface area contributed by atoms with Crippen LogP contribution in [0.2, 0.25) is 0 Å². The second-order valence-corrected chi connectivity index (χ2v) is 6.21. The topological polar surface area (TPSA) is 35.5 Å². The van der Waals surface area contributed by atoms with Crippen LogP contribution in [0.25, 0.3) is 0 Å². The largest absolute Gasteiger partial charge is 0.395 e. The molecule has 106 valence electrons. The van der Waals surface area contributed by atoms with Gasteiger partial charge >= 0.3 is 0 Å². The van der Waals surface area contributed by atoms with Gasteiger partial charge in [0.2, 0.25) is 0 Å². The van der Waals surface area contributed by atoms with Crippen LogP contribution in [0.3, 0.4) is 0 Å². The first-order chi connectivity index (χ1) is 8.88. The number of rotatable bonds is 3. The summed E-state index contributed by atoms with van der Waals surface area (Å²) in [6.07, 6.45) is 0.897. The fourth-order valence-corrected chi connectivity index (χ4v) is 2.87. The number of halogens is 1. The van der Waals surface area contributed by atoms with Gasteiger partial charge in [0.1, 0.15) is 5.82 Å². The van der Waals surface area contributed by atoms with Crippen LogP contribution in [-0.4, -0.2) is 31.3 Å². The first kappa shape index (κ1) is 14.1. The highest BCUT2D eigenvalue weighted by Crippen LogP contribution is 2.41. The first-order valence-electron chi connectivity index (χ1n) is 6.76. The second-order valence-electron chi connectivity index (χ2n) is 6.21. The van der Waals surface area contributed by atoms with Gasteiger partial charge in [0.25, 0.3) is 0 Å². The van der Waals surface area contributed by atoms with Gasteiger partial charge < -0.3 is 15.3 Å². The van der Waals surface area contributed by atoms with Gasteiger partial charge in [-0.05, 0) is 29.5 Å². The third kappa shape index (κ3) is 2.54. The van der Waals surface area contributed by atoms with Gasteiger partial charge in [0.05, 0.1) is 12.3 Å². The van der Waals surface area contributed by atoms with E-state index in [9.17, 15) is 9.50 Å². The molecule has 4 heteroatoms. The van der Waals surface area contributed by atoms with Crippen LogP contribution >= 0.6 is 0 Å². The maximum Gasteiger partial charge on any atom is 0.148 e. The Bertz CT molecular complexity index is 468. The van der Waals surface area contributed by atoms with E-state index in [2.05, 4.69) is 31.0 Å². The summed E-state index contributed by atoms with van der Waals surface area (Å²) >= 11 is 0. The summed E-state index contributed by atoms with van der Waals surface area (Å²) in [6.45, 7) is 7.18. The summed E-state index contributed by atoms with van der Waals surface area (Å²) in [5.74, 6) is -0.237. The average Bonchev–Trinajstić information content (AvgIpc) is 2.67. The summed E-state index contributed by atoms with van der Waals surface area (Å²) in [7, 11) is 1.73. The summed E-state index contributed by atoms with van der Waals surface area (Å²) in [6, 6.07) is 3.77. The van der Waals surface area contributed by atoms with Gasteiger partial charge in [0.15, 0.2) is 0 Å². The van der Waals surface area contributed by atoms with Crippen LogP contribution in [0.1, 0.15) is 26.3 Å². The van der Waals surface area contributed by atoms with Crippen molar-refractivity contribution >= 4 is 11.4 Å². The van der Waals surface area contributed by atoms with E-state index in [0.29, 0.717) is 18.3 Å². The highest BCUT2D eigenvalue weighted by molar-refractivity contribution is 5.66. The number of fused-ring (bicyclic) bond motifs is 1. The predicted octanol–water partition coefficient (Wildman–Crippen LogP) is 2.64. The monoisotopic (exact) mass is 266 g/mol. The summed E-state index contributed by atoms with van der Waals surface area (Å²) in [5.41, 5.74) is 2.70. The molecule has 1 aromatic rings. The van der Waals surface area contributed by atoms with Crippen molar-refractivity contribution in [2.45, 2.75) is 33.2 Å². The molecule has 0 bridgehead atoms. The zero-order chi connectivity index (χ0) is 14.2. The van der Waals surface area contributed by atoms with Crippen LogP contribution in [0, 0.1) is 11.2 Å². The molecule has 1 aromatic carbocycles. The normalized spacial score (nSPS) is 18.6. The minimum Gasteiger partial charge on any atom is -0.395 e. The summed E-state index contributed by atoms with van der Waals surface area (Å²) < 4.78 is 13.9. The van der Waals surface area contributed by atoms with Crippen molar-refractivity contribution in [2.24, 2.45) is 5.41 Å². The molecule has 0 saturated carbocycles. The van der Waals surface area contributed by atoms with E-state index in [1.165, 1.54) is 0 Å². The quantitative estimate of drug-likeness (QED) is 0.883. The Morgan fingerprint density at radius 1 is 1.42 bits per heavy atom. The number of aliphatic hydroxyl groups is 1. The third-order valence-electron chi connectivity index (χ3n) is 3.88. The maximum atomic E-state index is 13.9. The van der Waals surface area contributed by atoms with Crippen molar-refractivity contribution in [3.05, 3.63) is 23.5 Å². The van der Waals surface area contributed by atoms with Crippen LogP contribution in [0.5, 0.6) is 0 Å². The maximum absolute atomic E-state index is 13.9. The fourth-order valence-electron chi connectivity index (χ4n) is 2.87. The molecule has 1 unspecified atom stereocenters. The van der Waals surface area contributed by atoms with Crippen LogP contribution < -0.4 is 10.2 Å². The number of aliphatic hydroxyl groups excluding tert-OH is 1. The van der Waals surface area contributed by atoms with Crippen LogP contribution in [0.15, 0.2) is 12.1 Å². The molecule has 0 saturated heterocycles. The Kier molecular flexibility index (Phi) is 3.72. The molecule has 0 aromatic heterocycles. The van der Waals surface area contributed by atoms with Gasteiger partial charge in [-0.25, -0.2) is 4.39 Å². The van der Waals surface area contributed by atoms with E-state index in [1.54, 1.807) is 13.1 Å². The lowest BCUT2D eigenvalue weighted by Gasteiger charge is -2.36. The minimum absolute atomic E-state index is 0.0847. The van der Waals surface area contributed by atoms with Gasteiger partial charge in [-0.2, -0.15) is 0 Å². The van der Waals surface area contributed by atoms with Crippen LogP contribution in [0.4, 0.5) is 15.8 Å². The number of β-amino-alcohol motifs (C(OH)–C–C–N with tert-alkyl or cyclic N) is 1. The van der Waals surface area contributed by atoms with E-state index in [1.807, 2.05) is 6.07 Å². The lowest BCUT2D eigenvalue weighted by molar-refractivity contribution is 0.268. The molecule has 1 atom stereocenters. The molecule has 1 heterocycles. The van der Waals surface area contributed by atoms with Gasteiger partial charge in [0, 0.05) is 25.3 Å². The molecule has 19 heavy (non-hydrogen) atoms. The number of nitrogens with one attached hydrogen (secondary N) is 1. The highest BCUT2D eigenvalue weighted by atomic mass is 19.1. The Morgan fingerprint density at radius 2 is 2.11 bits per heavy atom. The van der Waals surface area contributed by atoms with Crippen molar-refractivity contribution in [3.63, 3.8) is 0 Å². The van der Waals surface area contributed by atoms with Crippen molar-refractivity contribution in [1.82, 2.24) is 0 Å². The van der Waals surface area contributed by atoms with E-state index in [0.717, 1.165) is 17.7 Å². The predicted molar refractivity (Wildman–Crippen MR) is 77.3 cm³/mol. The van der Waals surface area contributed by atoms with Gasteiger partial charge in [-0.15, -0.1) is 0 Å². The first-order valence-corrected chi connectivity index (χ1v) is 6.76. The molecule has 0 aliphatic carbocycles. The lowest BCUT2D eigenvalue weighted by Crippen LogP contribution is -2.43. The van der Waals surface area contributed by atoms with E-state index < -0.39 is 0 Å². The number of hydrogen-bond acceptors (Lipinski definition) is 3. The number of benzene rings is 1. The molecule has 2 rings (SSSR count). The standard InChI is InChI=1S/C15H23FN2O/c1-15(2,3)14-8-10-7-12(17-4)11(16)9-13(10)18(14)5-6-19/h7,9,14,17,19H,5-6,8H2,1-4H3. The Balaban J connectivity index is 2.43. The summed E-state index contributed by atoms with van der Waals surface area (Å²) in [4.78, 5) is 2.14. The van der Waals surface area contributed by atoms with E-state index >= 15 is 0 Å². The number of nitrogens with zero attached hydrogens (tertiary/aromatic N) is 1. The molecule has 1 aliphatic rings. The van der Waals surface area contributed by atoms with Gasteiger partial charge in [-0.1, -0.05) is 20.8 Å². The fraction of sp³-hybridized carbons (Fsp3) is 0.600. The van der Waals surface area contributed by atoms with Crippen molar-refractivity contribution in [2.75, 3.05) is 30.4 Å². The Hall–Kier alpha value is -1.29. The third-order valence-corrected chi connectivity index (χ3v) is 3.88. The Labute approximate surface area is 114 Å². The molecule has 3 nitrogen and oxygen atoms in total. The molecule has 2 N–H and O–H groups in total. The molecule has 1 aliphatic heterocycles. The van der Waals surface area contributed by atoms with Crippen molar-refractivity contribution < 1.29 is 9.50 Å². The minimum atomic E-state index is -0.237. The zero-order valence-electron chi connectivity index (χ0n) is 12.1.